The van der Waals surface area contributed by atoms with E-state index < -0.39 is 0 Å². The summed E-state index contributed by atoms with van der Waals surface area (Å²) in [7, 11) is 0. The van der Waals surface area contributed by atoms with E-state index in [4.69, 9.17) is 5.10 Å². The van der Waals surface area contributed by atoms with E-state index in [1.165, 1.54) is 55.6 Å². The van der Waals surface area contributed by atoms with E-state index in [-0.39, 0.29) is 12.4 Å². The lowest BCUT2D eigenvalue weighted by atomic mass is 9.87. The zero-order chi connectivity index (χ0) is 14.3. The van der Waals surface area contributed by atoms with Gasteiger partial charge < -0.3 is 5.32 Å². The van der Waals surface area contributed by atoms with Gasteiger partial charge in [-0.15, -0.1) is 12.4 Å². The first-order valence-electron chi connectivity index (χ1n) is 8.17. The Balaban J connectivity index is 0.00000144. The quantitative estimate of drug-likeness (QED) is 0.944. The van der Waals surface area contributed by atoms with Crippen molar-refractivity contribution in [2.45, 2.75) is 32.9 Å². The summed E-state index contributed by atoms with van der Waals surface area (Å²) >= 11 is 0. The van der Waals surface area contributed by atoms with Crippen LogP contribution >= 0.6 is 12.4 Å². The Kier molecular flexibility index (Phi) is 4.44. The lowest BCUT2D eigenvalue weighted by molar-refractivity contribution is 0.266. The molecule has 0 aliphatic carbocycles. The maximum Gasteiger partial charge on any atom is 0.0843 e. The maximum atomic E-state index is 4.85. The van der Waals surface area contributed by atoms with E-state index in [1.807, 2.05) is 0 Å². The predicted octanol–water partition coefficient (Wildman–Crippen LogP) is 2.66. The molecule has 2 aliphatic heterocycles. The van der Waals surface area contributed by atoms with Crippen molar-refractivity contribution in [2.75, 3.05) is 26.2 Å². The molecule has 1 atom stereocenters. The van der Waals surface area contributed by atoms with Gasteiger partial charge in [0.25, 0.3) is 0 Å². The molecule has 3 heterocycles. The molecule has 2 saturated heterocycles. The summed E-state index contributed by atoms with van der Waals surface area (Å²) in [5, 5.41) is 9.71. The maximum absolute atomic E-state index is 4.85. The third-order valence-electron chi connectivity index (χ3n) is 5.26. The minimum absolute atomic E-state index is 0. The lowest BCUT2D eigenvalue weighted by Crippen LogP contribution is -2.29. The summed E-state index contributed by atoms with van der Waals surface area (Å²) in [4.78, 5) is 2.60. The van der Waals surface area contributed by atoms with Gasteiger partial charge in [-0.05, 0) is 44.3 Å². The van der Waals surface area contributed by atoms with E-state index >= 15 is 0 Å². The zero-order valence-electron chi connectivity index (χ0n) is 13.2. The molecular formula is C17H25ClN4. The molecule has 22 heavy (non-hydrogen) atoms. The SMILES string of the molecule is CCn1nc(CN2CCC3(CCNC3)C2)c2ccccc21.Cl. The fourth-order valence-corrected chi connectivity index (χ4v) is 4.07. The molecule has 0 bridgehead atoms. The van der Waals surface area contributed by atoms with Gasteiger partial charge >= 0.3 is 0 Å². The number of fused-ring (bicyclic) bond motifs is 1. The third kappa shape index (κ3) is 2.64. The average Bonchev–Trinajstić information content (AvgIpc) is 3.21. The summed E-state index contributed by atoms with van der Waals surface area (Å²) < 4.78 is 2.13. The van der Waals surface area contributed by atoms with Gasteiger partial charge in [0.2, 0.25) is 0 Å². The van der Waals surface area contributed by atoms with Crippen molar-refractivity contribution in [3.8, 4) is 0 Å². The van der Waals surface area contributed by atoms with Crippen LogP contribution in [0.2, 0.25) is 0 Å². The topological polar surface area (TPSA) is 33.1 Å². The number of hydrogen-bond acceptors (Lipinski definition) is 3. The van der Waals surface area contributed by atoms with Gasteiger partial charge in [0.05, 0.1) is 11.2 Å². The Morgan fingerprint density at radius 2 is 2.14 bits per heavy atom. The molecular weight excluding hydrogens is 296 g/mol. The highest BCUT2D eigenvalue weighted by atomic mass is 35.5. The Morgan fingerprint density at radius 1 is 1.27 bits per heavy atom. The molecule has 2 fully saturated rings. The van der Waals surface area contributed by atoms with Gasteiger partial charge in [-0.25, -0.2) is 0 Å². The monoisotopic (exact) mass is 320 g/mol. The smallest absolute Gasteiger partial charge is 0.0843 e. The van der Waals surface area contributed by atoms with E-state index in [1.54, 1.807) is 0 Å². The van der Waals surface area contributed by atoms with Gasteiger partial charge in [0, 0.05) is 31.6 Å². The number of rotatable bonds is 3. The van der Waals surface area contributed by atoms with E-state index in [2.05, 4.69) is 46.1 Å². The van der Waals surface area contributed by atoms with Crippen LogP contribution in [0.25, 0.3) is 10.9 Å². The molecule has 4 nitrogen and oxygen atoms in total. The highest BCUT2D eigenvalue weighted by Crippen LogP contribution is 2.36. The molecule has 1 aromatic heterocycles. The summed E-state index contributed by atoms with van der Waals surface area (Å²) in [6, 6.07) is 8.63. The number of halogens is 1. The number of benzene rings is 1. The summed E-state index contributed by atoms with van der Waals surface area (Å²) in [6.45, 7) is 8.94. The average molecular weight is 321 g/mol. The van der Waals surface area contributed by atoms with Crippen molar-refractivity contribution in [3.05, 3.63) is 30.0 Å². The number of para-hydroxylation sites is 1. The first kappa shape index (κ1) is 15.8. The normalized spacial score (nSPS) is 25.1. The van der Waals surface area contributed by atoms with Crippen LogP contribution in [0.3, 0.4) is 0 Å². The van der Waals surface area contributed by atoms with Crippen molar-refractivity contribution in [3.63, 3.8) is 0 Å². The number of hydrogen-bond donors (Lipinski definition) is 1. The van der Waals surface area contributed by atoms with Crippen molar-refractivity contribution in [1.29, 1.82) is 0 Å². The van der Waals surface area contributed by atoms with Crippen LogP contribution in [-0.2, 0) is 13.1 Å². The second kappa shape index (κ2) is 6.19. The van der Waals surface area contributed by atoms with Crippen molar-refractivity contribution in [1.82, 2.24) is 20.0 Å². The molecule has 4 rings (SSSR count). The first-order valence-corrected chi connectivity index (χ1v) is 8.17. The lowest BCUT2D eigenvalue weighted by Gasteiger charge is -2.22. The van der Waals surface area contributed by atoms with Crippen LogP contribution in [0.4, 0.5) is 0 Å². The molecule has 1 unspecified atom stereocenters. The van der Waals surface area contributed by atoms with Crippen LogP contribution in [0, 0.1) is 5.41 Å². The van der Waals surface area contributed by atoms with E-state index in [9.17, 15) is 0 Å². The molecule has 2 aliphatic rings. The Hall–Kier alpha value is -1.10. The van der Waals surface area contributed by atoms with Crippen LogP contribution in [-0.4, -0.2) is 40.9 Å². The fraction of sp³-hybridized carbons (Fsp3) is 0.588. The molecule has 120 valence electrons. The standard InChI is InChI=1S/C17H24N4.ClH/c1-2-21-16-6-4-3-5-14(16)15(19-21)11-20-10-8-17(13-20)7-9-18-12-17;/h3-6,18H,2,7-13H2,1H3;1H. The number of nitrogens with zero attached hydrogens (tertiary/aromatic N) is 3. The molecule has 2 aromatic rings. The Morgan fingerprint density at radius 3 is 2.91 bits per heavy atom. The van der Waals surface area contributed by atoms with E-state index in [0.29, 0.717) is 5.41 Å². The number of likely N-dealkylation sites (tertiary alicyclic amines) is 1. The summed E-state index contributed by atoms with van der Waals surface area (Å²) in [6.07, 6.45) is 2.68. The molecule has 0 saturated carbocycles. The first-order chi connectivity index (χ1) is 10.3. The predicted molar refractivity (Wildman–Crippen MR) is 92.5 cm³/mol. The molecule has 1 spiro atoms. The second-order valence-corrected chi connectivity index (χ2v) is 6.67. The van der Waals surface area contributed by atoms with Crippen molar-refractivity contribution < 1.29 is 0 Å². The van der Waals surface area contributed by atoms with Crippen molar-refractivity contribution in [2.24, 2.45) is 5.41 Å². The molecule has 1 aromatic carbocycles. The molecule has 1 N–H and O–H groups in total. The number of aryl methyl sites for hydroxylation is 1. The summed E-state index contributed by atoms with van der Waals surface area (Å²) in [5.74, 6) is 0. The fourth-order valence-electron chi connectivity index (χ4n) is 4.07. The minimum Gasteiger partial charge on any atom is -0.316 e. The third-order valence-corrected chi connectivity index (χ3v) is 5.26. The number of nitrogens with one attached hydrogen (secondary N) is 1. The molecule has 0 radical (unpaired) electrons. The van der Waals surface area contributed by atoms with E-state index in [0.717, 1.165) is 13.1 Å². The van der Waals surface area contributed by atoms with Crippen LogP contribution in [0.5, 0.6) is 0 Å². The molecule has 5 heteroatoms. The van der Waals surface area contributed by atoms with Crippen molar-refractivity contribution >= 4 is 23.3 Å². The highest BCUT2D eigenvalue weighted by molar-refractivity contribution is 5.85. The largest absolute Gasteiger partial charge is 0.316 e. The summed E-state index contributed by atoms with van der Waals surface area (Å²) in [5.41, 5.74) is 3.06. The zero-order valence-corrected chi connectivity index (χ0v) is 14.0. The van der Waals surface area contributed by atoms with Crippen LogP contribution < -0.4 is 5.32 Å². The minimum atomic E-state index is 0. The molecule has 0 amide bonds. The van der Waals surface area contributed by atoms with Crippen LogP contribution in [0.15, 0.2) is 24.3 Å². The second-order valence-electron chi connectivity index (χ2n) is 6.67. The highest BCUT2D eigenvalue weighted by Gasteiger charge is 2.40. The van der Waals surface area contributed by atoms with Gasteiger partial charge in [0.15, 0.2) is 0 Å². The number of aromatic nitrogens is 2. The Labute approximate surface area is 138 Å². The van der Waals surface area contributed by atoms with Gasteiger partial charge in [-0.2, -0.15) is 5.10 Å². The van der Waals surface area contributed by atoms with Gasteiger partial charge in [0.1, 0.15) is 0 Å². The van der Waals surface area contributed by atoms with Gasteiger partial charge in [-0.3, -0.25) is 9.58 Å². The van der Waals surface area contributed by atoms with Crippen LogP contribution in [0.1, 0.15) is 25.5 Å². The Bertz CT molecular complexity index is 645. The van der Waals surface area contributed by atoms with Gasteiger partial charge in [-0.1, -0.05) is 18.2 Å².